The van der Waals surface area contributed by atoms with E-state index in [4.69, 9.17) is 11.6 Å². The minimum atomic E-state index is 0.763. The molecule has 0 bridgehead atoms. The smallest absolute Gasteiger partial charge is 0.0433 e. The van der Waals surface area contributed by atoms with Crippen LogP contribution in [0.15, 0.2) is 127 Å². The number of rotatable bonds is 3. The average molecular weight is 535 g/mol. The first-order valence-electron chi connectivity index (χ1n) is 13.3. The molecule has 1 aliphatic rings. The maximum atomic E-state index is 6.83. The zero-order chi connectivity index (χ0) is 25.9. The SMILES string of the molecule is Clc1cc(-c2cccc3c2Cc2c(-c4ccccc4)cccc2-3)cc(-c2cccc3c2sc2ccccc23)c1. The molecule has 0 nitrogen and oxygen atoms in total. The molecule has 0 saturated carbocycles. The molecule has 0 radical (unpaired) electrons. The summed E-state index contributed by atoms with van der Waals surface area (Å²) in [4.78, 5) is 0. The van der Waals surface area contributed by atoms with Crippen molar-refractivity contribution in [2.45, 2.75) is 6.42 Å². The largest absolute Gasteiger partial charge is 0.135 e. The number of benzene rings is 6. The van der Waals surface area contributed by atoms with E-state index in [1.807, 2.05) is 11.3 Å². The Morgan fingerprint density at radius 3 is 1.79 bits per heavy atom. The summed E-state index contributed by atoms with van der Waals surface area (Å²) in [6.45, 7) is 0. The average Bonchev–Trinajstić information content (AvgIpc) is 3.56. The minimum absolute atomic E-state index is 0.763. The summed E-state index contributed by atoms with van der Waals surface area (Å²) in [6, 6.07) is 46.0. The predicted molar refractivity (Wildman–Crippen MR) is 169 cm³/mol. The quantitative estimate of drug-likeness (QED) is 0.211. The van der Waals surface area contributed by atoms with Gasteiger partial charge in [0.1, 0.15) is 0 Å². The molecule has 0 unspecified atom stereocenters. The molecule has 0 fully saturated rings. The molecule has 39 heavy (non-hydrogen) atoms. The normalized spacial score (nSPS) is 12.1. The third kappa shape index (κ3) is 3.66. The van der Waals surface area contributed by atoms with Crippen molar-refractivity contribution >= 4 is 43.1 Å². The Labute approximate surface area is 236 Å². The van der Waals surface area contributed by atoms with Crippen LogP contribution in [0.1, 0.15) is 11.1 Å². The summed E-state index contributed by atoms with van der Waals surface area (Å²) in [6.07, 6.45) is 0.916. The molecule has 0 amide bonds. The van der Waals surface area contributed by atoms with E-state index in [-0.39, 0.29) is 0 Å². The monoisotopic (exact) mass is 534 g/mol. The standard InChI is InChI=1S/C37H23ClS/c38-26-20-24(19-25(21-26)29-14-8-17-33-32-11-4-5-18-36(32)39-37(29)33)28-13-7-16-31-30-15-6-12-27(34(30)22-35(28)31)23-9-2-1-3-10-23/h1-21H,22H2. The molecule has 1 heterocycles. The summed E-state index contributed by atoms with van der Waals surface area (Å²) in [7, 11) is 0. The van der Waals surface area contributed by atoms with Crippen LogP contribution >= 0.6 is 22.9 Å². The van der Waals surface area contributed by atoms with E-state index < -0.39 is 0 Å². The van der Waals surface area contributed by atoms with E-state index in [0.717, 1.165) is 17.0 Å². The number of thiophene rings is 1. The van der Waals surface area contributed by atoms with Crippen molar-refractivity contribution in [2.75, 3.05) is 0 Å². The highest BCUT2D eigenvalue weighted by atomic mass is 35.5. The van der Waals surface area contributed by atoms with Gasteiger partial charge in [-0.25, -0.2) is 0 Å². The Bertz CT molecular complexity index is 2050. The van der Waals surface area contributed by atoms with E-state index in [9.17, 15) is 0 Å². The van der Waals surface area contributed by atoms with Crippen LogP contribution in [0.2, 0.25) is 5.02 Å². The highest BCUT2D eigenvalue weighted by molar-refractivity contribution is 7.26. The van der Waals surface area contributed by atoms with Gasteiger partial charge in [-0.1, -0.05) is 115 Å². The molecule has 184 valence electrons. The first-order chi connectivity index (χ1) is 19.2. The molecule has 0 aliphatic heterocycles. The molecule has 6 aromatic carbocycles. The molecule has 1 aliphatic carbocycles. The fourth-order valence-electron chi connectivity index (χ4n) is 6.27. The molecule has 0 N–H and O–H groups in total. The summed E-state index contributed by atoms with van der Waals surface area (Å²) >= 11 is 8.69. The van der Waals surface area contributed by atoms with Crippen molar-refractivity contribution in [1.82, 2.24) is 0 Å². The molecule has 7 aromatic rings. The molecule has 0 saturated heterocycles. The molecule has 8 rings (SSSR count). The van der Waals surface area contributed by atoms with Gasteiger partial charge in [-0.2, -0.15) is 0 Å². The Kier molecular flexibility index (Phi) is 5.23. The van der Waals surface area contributed by atoms with Crippen molar-refractivity contribution < 1.29 is 0 Å². The van der Waals surface area contributed by atoms with Gasteiger partial charge in [-0.05, 0) is 86.3 Å². The van der Waals surface area contributed by atoms with Crippen molar-refractivity contribution in [3.8, 4) is 44.5 Å². The Hall–Kier alpha value is -4.17. The lowest BCUT2D eigenvalue weighted by Crippen LogP contribution is -1.90. The molecule has 1 aromatic heterocycles. The second kappa shape index (κ2) is 8.95. The van der Waals surface area contributed by atoms with Crippen LogP contribution in [0.25, 0.3) is 64.7 Å². The minimum Gasteiger partial charge on any atom is -0.135 e. The van der Waals surface area contributed by atoms with Crippen LogP contribution in [0.3, 0.4) is 0 Å². The topological polar surface area (TPSA) is 0 Å². The van der Waals surface area contributed by atoms with Crippen molar-refractivity contribution in [3.05, 3.63) is 144 Å². The zero-order valence-electron chi connectivity index (χ0n) is 21.1. The van der Waals surface area contributed by atoms with Crippen LogP contribution in [-0.4, -0.2) is 0 Å². The van der Waals surface area contributed by atoms with Gasteiger partial charge in [0.2, 0.25) is 0 Å². The van der Waals surface area contributed by atoms with Crippen LogP contribution in [-0.2, 0) is 6.42 Å². The van der Waals surface area contributed by atoms with Crippen LogP contribution in [0.4, 0.5) is 0 Å². The fourth-order valence-corrected chi connectivity index (χ4v) is 7.74. The van der Waals surface area contributed by atoms with Crippen LogP contribution in [0, 0.1) is 0 Å². The highest BCUT2D eigenvalue weighted by Gasteiger charge is 2.24. The second-order valence-corrected chi connectivity index (χ2v) is 11.7. The Morgan fingerprint density at radius 2 is 1.03 bits per heavy atom. The van der Waals surface area contributed by atoms with Gasteiger partial charge < -0.3 is 0 Å². The third-order valence-corrected chi connectivity index (χ3v) is 9.44. The van der Waals surface area contributed by atoms with Gasteiger partial charge in [0, 0.05) is 25.2 Å². The van der Waals surface area contributed by atoms with Crippen LogP contribution < -0.4 is 0 Å². The van der Waals surface area contributed by atoms with Crippen molar-refractivity contribution in [3.63, 3.8) is 0 Å². The van der Waals surface area contributed by atoms with E-state index >= 15 is 0 Å². The Morgan fingerprint density at radius 1 is 0.462 bits per heavy atom. The maximum absolute atomic E-state index is 6.83. The van der Waals surface area contributed by atoms with Gasteiger partial charge in [0.15, 0.2) is 0 Å². The van der Waals surface area contributed by atoms with Gasteiger partial charge in [0.25, 0.3) is 0 Å². The Balaban J connectivity index is 1.28. The number of halogens is 1. The van der Waals surface area contributed by atoms with E-state index in [2.05, 4.69) is 127 Å². The second-order valence-electron chi connectivity index (χ2n) is 10.2. The highest BCUT2D eigenvalue weighted by Crippen LogP contribution is 2.46. The molecular formula is C37H23ClS. The number of hydrogen-bond acceptors (Lipinski definition) is 1. The maximum Gasteiger partial charge on any atom is 0.0433 e. The molecule has 0 spiro atoms. The molecular weight excluding hydrogens is 512 g/mol. The molecule has 0 atom stereocenters. The third-order valence-electron chi connectivity index (χ3n) is 8.00. The van der Waals surface area contributed by atoms with Gasteiger partial charge in [-0.3, -0.25) is 0 Å². The van der Waals surface area contributed by atoms with Crippen LogP contribution in [0.5, 0.6) is 0 Å². The lowest BCUT2D eigenvalue weighted by Gasteiger charge is -2.12. The summed E-state index contributed by atoms with van der Waals surface area (Å²) < 4.78 is 2.63. The first-order valence-corrected chi connectivity index (χ1v) is 14.5. The van der Waals surface area contributed by atoms with E-state index in [1.165, 1.54) is 70.2 Å². The summed E-state index contributed by atoms with van der Waals surface area (Å²) in [5.74, 6) is 0. The number of hydrogen-bond donors (Lipinski definition) is 0. The van der Waals surface area contributed by atoms with Gasteiger partial charge in [-0.15, -0.1) is 11.3 Å². The van der Waals surface area contributed by atoms with Gasteiger partial charge >= 0.3 is 0 Å². The predicted octanol–water partition coefficient (Wildman–Crippen LogP) is 11.3. The van der Waals surface area contributed by atoms with E-state index in [0.29, 0.717) is 0 Å². The summed E-state index contributed by atoms with van der Waals surface area (Å²) in [5.41, 5.74) is 12.9. The first kappa shape index (κ1) is 22.8. The van der Waals surface area contributed by atoms with Crippen molar-refractivity contribution in [2.24, 2.45) is 0 Å². The van der Waals surface area contributed by atoms with Crippen molar-refractivity contribution in [1.29, 1.82) is 0 Å². The fraction of sp³-hybridized carbons (Fsp3) is 0.0270. The summed E-state index contributed by atoms with van der Waals surface area (Å²) in [5, 5.41) is 3.38. The van der Waals surface area contributed by atoms with E-state index in [1.54, 1.807) is 0 Å². The number of fused-ring (bicyclic) bond motifs is 6. The lowest BCUT2D eigenvalue weighted by molar-refractivity contribution is 1.26. The zero-order valence-corrected chi connectivity index (χ0v) is 22.7. The molecule has 2 heteroatoms. The van der Waals surface area contributed by atoms with Gasteiger partial charge in [0.05, 0.1) is 0 Å². The lowest BCUT2D eigenvalue weighted by atomic mass is 9.93.